The highest BCUT2D eigenvalue weighted by molar-refractivity contribution is 5.97. The van der Waals surface area contributed by atoms with E-state index in [1.807, 2.05) is 0 Å². The first-order chi connectivity index (χ1) is 12.9. The van der Waals surface area contributed by atoms with Crippen molar-refractivity contribution in [2.24, 2.45) is 0 Å². The molecule has 1 N–H and O–H groups in total. The van der Waals surface area contributed by atoms with Crippen molar-refractivity contribution in [2.75, 3.05) is 26.1 Å². The van der Waals surface area contributed by atoms with Crippen LogP contribution in [0.4, 0.5) is 14.5 Å². The molecule has 0 saturated carbocycles. The Hall–Kier alpha value is -3.36. The lowest BCUT2D eigenvalue weighted by Gasteiger charge is -2.12. The summed E-state index contributed by atoms with van der Waals surface area (Å²) in [7, 11) is 2.81. The Balaban J connectivity index is 2.01. The van der Waals surface area contributed by atoms with Gasteiger partial charge in [-0.15, -0.1) is 0 Å². The van der Waals surface area contributed by atoms with E-state index in [4.69, 9.17) is 14.2 Å². The SMILES string of the molecule is COc1ccc(OC)c(C(=O)OCC(=O)Nc2ccccc2OC(F)F)c1. The van der Waals surface area contributed by atoms with Crippen LogP contribution < -0.4 is 19.5 Å². The van der Waals surface area contributed by atoms with Gasteiger partial charge >= 0.3 is 12.6 Å². The molecule has 0 spiro atoms. The third-order valence-corrected chi connectivity index (χ3v) is 3.34. The number of carbonyl (C=O) groups excluding carboxylic acids is 2. The maximum absolute atomic E-state index is 12.4. The zero-order chi connectivity index (χ0) is 19.8. The van der Waals surface area contributed by atoms with Gasteiger partial charge in [-0.3, -0.25) is 4.79 Å². The molecule has 0 aliphatic rings. The standard InChI is InChI=1S/C18H17F2NO6/c1-24-11-7-8-14(25-2)12(9-11)17(23)26-10-16(22)21-13-5-3-4-6-15(13)27-18(19)20/h3-9,18H,10H2,1-2H3,(H,21,22). The van der Waals surface area contributed by atoms with Crippen LogP contribution in [0.5, 0.6) is 17.2 Å². The van der Waals surface area contributed by atoms with Gasteiger partial charge in [0.05, 0.1) is 19.9 Å². The van der Waals surface area contributed by atoms with Crippen LogP contribution in [-0.2, 0) is 9.53 Å². The molecule has 27 heavy (non-hydrogen) atoms. The fourth-order valence-electron chi connectivity index (χ4n) is 2.14. The Morgan fingerprint density at radius 2 is 1.78 bits per heavy atom. The number of rotatable bonds is 8. The summed E-state index contributed by atoms with van der Waals surface area (Å²) in [6, 6.07) is 10.2. The summed E-state index contributed by atoms with van der Waals surface area (Å²) in [5.74, 6) is -1.09. The molecule has 0 heterocycles. The highest BCUT2D eigenvalue weighted by Crippen LogP contribution is 2.26. The van der Waals surface area contributed by atoms with Crippen molar-refractivity contribution in [3.8, 4) is 17.2 Å². The molecule has 0 aliphatic heterocycles. The number of nitrogens with one attached hydrogen (secondary N) is 1. The van der Waals surface area contributed by atoms with E-state index in [1.165, 1.54) is 50.6 Å². The lowest BCUT2D eigenvalue weighted by atomic mass is 10.2. The average Bonchev–Trinajstić information content (AvgIpc) is 2.66. The molecule has 0 bridgehead atoms. The second kappa shape index (κ2) is 9.37. The monoisotopic (exact) mass is 381 g/mol. The number of esters is 1. The number of methoxy groups -OCH3 is 2. The summed E-state index contributed by atoms with van der Waals surface area (Å²) in [6.45, 7) is -3.68. The van der Waals surface area contributed by atoms with Crippen molar-refractivity contribution >= 4 is 17.6 Å². The number of para-hydroxylation sites is 2. The van der Waals surface area contributed by atoms with Gasteiger partial charge in [0.1, 0.15) is 22.8 Å². The van der Waals surface area contributed by atoms with Crippen LogP contribution >= 0.6 is 0 Å². The molecule has 144 valence electrons. The third-order valence-electron chi connectivity index (χ3n) is 3.34. The smallest absolute Gasteiger partial charge is 0.387 e. The Kier molecular flexibility index (Phi) is 6.93. The molecular formula is C18H17F2NO6. The van der Waals surface area contributed by atoms with Crippen LogP contribution in [0.2, 0.25) is 0 Å². The summed E-state index contributed by atoms with van der Waals surface area (Å²) in [5, 5.41) is 2.34. The van der Waals surface area contributed by atoms with Crippen molar-refractivity contribution in [1.82, 2.24) is 0 Å². The number of benzene rings is 2. The lowest BCUT2D eigenvalue weighted by Crippen LogP contribution is -2.21. The van der Waals surface area contributed by atoms with Crippen molar-refractivity contribution in [2.45, 2.75) is 6.61 Å². The number of anilines is 1. The van der Waals surface area contributed by atoms with Crippen LogP contribution in [0.3, 0.4) is 0 Å². The number of ether oxygens (including phenoxy) is 4. The number of halogens is 2. The highest BCUT2D eigenvalue weighted by atomic mass is 19.3. The second-order valence-electron chi connectivity index (χ2n) is 5.07. The van der Waals surface area contributed by atoms with Gasteiger partial charge in [-0.05, 0) is 30.3 Å². The summed E-state index contributed by atoms with van der Waals surface area (Å²) in [5.41, 5.74) is 0.101. The molecule has 0 radical (unpaired) electrons. The molecule has 0 atom stereocenters. The topological polar surface area (TPSA) is 83.1 Å². The Morgan fingerprint density at radius 3 is 2.44 bits per heavy atom. The summed E-state index contributed by atoms with van der Waals surface area (Å²) in [6.07, 6.45) is 0. The van der Waals surface area contributed by atoms with Crippen molar-refractivity contribution in [3.63, 3.8) is 0 Å². The minimum atomic E-state index is -3.04. The molecule has 2 rings (SSSR count). The van der Waals surface area contributed by atoms with E-state index in [0.717, 1.165) is 0 Å². The van der Waals surface area contributed by atoms with Gasteiger partial charge in [0.15, 0.2) is 6.61 Å². The van der Waals surface area contributed by atoms with Crippen molar-refractivity contribution in [3.05, 3.63) is 48.0 Å². The largest absolute Gasteiger partial charge is 0.497 e. The Morgan fingerprint density at radius 1 is 1.04 bits per heavy atom. The molecular weight excluding hydrogens is 364 g/mol. The van der Waals surface area contributed by atoms with Gasteiger partial charge in [-0.1, -0.05) is 12.1 Å². The van der Waals surface area contributed by atoms with Crippen molar-refractivity contribution in [1.29, 1.82) is 0 Å². The summed E-state index contributed by atoms with van der Waals surface area (Å²) >= 11 is 0. The summed E-state index contributed by atoms with van der Waals surface area (Å²) < 4.78 is 44.1. The molecule has 0 saturated heterocycles. The van der Waals surface area contributed by atoms with Gasteiger partial charge in [0.25, 0.3) is 5.91 Å². The van der Waals surface area contributed by atoms with E-state index in [-0.39, 0.29) is 22.7 Å². The van der Waals surface area contributed by atoms with Crippen LogP contribution in [0, 0.1) is 0 Å². The van der Waals surface area contributed by atoms with E-state index in [1.54, 1.807) is 6.07 Å². The first-order valence-electron chi connectivity index (χ1n) is 7.67. The average molecular weight is 381 g/mol. The maximum Gasteiger partial charge on any atom is 0.387 e. The van der Waals surface area contributed by atoms with Crippen LogP contribution in [0.1, 0.15) is 10.4 Å². The first-order valence-corrected chi connectivity index (χ1v) is 7.67. The minimum Gasteiger partial charge on any atom is -0.497 e. The van der Waals surface area contributed by atoms with E-state index in [9.17, 15) is 18.4 Å². The van der Waals surface area contributed by atoms with Crippen LogP contribution in [-0.4, -0.2) is 39.3 Å². The van der Waals surface area contributed by atoms with Gasteiger partial charge in [-0.25, -0.2) is 4.79 Å². The van der Waals surface area contributed by atoms with Gasteiger partial charge in [0.2, 0.25) is 0 Å². The predicted molar refractivity (Wildman–Crippen MR) is 91.5 cm³/mol. The third kappa shape index (κ3) is 5.56. The van der Waals surface area contributed by atoms with Gasteiger partial charge < -0.3 is 24.3 Å². The number of hydrogen-bond donors (Lipinski definition) is 1. The molecule has 0 aliphatic carbocycles. The van der Waals surface area contributed by atoms with E-state index >= 15 is 0 Å². The molecule has 9 heteroatoms. The number of alkyl halides is 2. The maximum atomic E-state index is 12.4. The molecule has 0 unspecified atom stereocenters. The zero-order valence-corrected chi connectivity index (χ0v) is 14.5. The fourth-order valence-corrected chi connectivity index (χ4v) is 2.14. The van der Waals surface area contributed by atoms with E-state index in [0.29, 0.717) is 5.75 Å². The van der Waals surface area contributed by atoms with Crippen LogP contribution in [0.15, 0.2) is 42.5 Å². The normalized spacial score (nSPS) is 10.3. The van der Waals surface area contributed by atoms with E-state index in [2.05, 4.69) is 10.1 Å². The Labute approximate surface area is 153 Å². The zero-order valence-electron chi connectivity index (χ0n) is 14.5. The highest BCUT2D eigenvalue weighted by Gasteiger charge is 2.17. The molecule has 0 fully saturated rings. The number of hydrogen-bond acceptors (Lipinski definition) is 6. The lowest BCUT2D eigenvalue weighted by molar-refractivity contribution is -0.119. The number of amides is 1. The van der Waals surface area contributed by atoms with E-state index < -0.39 is 25.1 Å². The first kappa shape index (κ1) is 20.0. The Bertz CT molecular complexity index is 812. The van der Waals surface area contributed by atoms with Crippen LogP contribution in [0.25, 0.3) is 0 Å². The molecule has 2 aromatic carbocycles. The quantitative estimate of drug-likeness (QED) is 0.708. The minimum absolute atomic E-state index is 0.0257. The second-order valence-corrected chi connectivity index (χ2v) is 5.07. The van der Waals surface area contributed by atoms with Gasteiger partial charge in [-0.2, -0.15) is 8.78 Å². The number of carbonyl (C=O) groups is 2. The predicted octanol–water partition coefficient (Wildman–Crippen LogP) is 3.10. The summed E-state index contributed by atoms with van der Waals surface area (Å²) in [4.78, 5) is 24.2. The van der Waals surface area contributed by atoms with Gasteiger partial charge in [0, 0.05) is 0 Å². The fraction of sp³-hybridized carbons (Fsp3) is 0.222. The molecule has 0 aromatic heterocycles. The van der Waals surface area contributed by atoms with Crippen molar-refractivity contribution < 1.29 is 37.3 Å². The molecule has 2 aromatic rings. The molecule has 1 amide bonds. The molecule has 7 nitrogen and oxygen atoms in total.